The first-order valence-electron chi connectivity index (χ1n) is 9.25. The van der Waals surface area contributed by atoms with Crippen LogP contribution in [0.15, 0.2) is 24.4 Å². The second-order valence-electron chi connectivity index (χ2n) is 7.26. The fourth-order valence-corrected chi connectivity index (χ4v) is 3.86. The van der Waals surface area contributed by atoms with Gasteiger partial charge in [0.05, 0.1) is 36.7 Å². The summed E-state index contributed by atoms with van der Waals surface area (Å²) in [6, 6.07) is 5.46. The maximum absolute atomic E-state index is 12.7. The number of rotatable bonds is 3. The van der Waals surface area contributed by atoms with Gasteiger partial charge in [0.25, 0.3) is 0 Å². The molecule has 8 nitrogen and oxygen atoms in total. The van der Waals surface area contributed by atoms with Crippen molar-refractivity contribution in [1.29, 1.82) is 0 Å². The summed E-state index contributed by atoms with van der Waals surface area (Å²) in [7, 11) is 1.86. The van der Waals surface area contributed by atoms with Gasteiger partial charge in [0.15, 0.2) is 0 Å². The van der Waals surface area contributed by atoms with E-state index in [9.17, 15) is 4.79 Å². The number of benzene rings is 1. The molecular formula is C20H22ClN7O. The lowest BCUT2D eigenvalue weighted by Gasteiger charge is -2.16. The van der Waals surface area contributed by atoms with Gasteiger partial charge in [0, 0.05) is 29.4 Å². The van der Waals surface area contributed by atoms with Gasteiger partial charge in [-0.05, 0) is 37.1 Å². The Kier molecular flexibility index (Phi) is 4.87. The Morgan fingerprint density at radius 3 is 2.72 bits per heavy atom. The van der Waals surface area contributed by atoms with Crippen molar-refractivity contribution in [2.75, 3.05) is 5.73 Å². The Labute approximate surface area is 173 Å². The zero-order valence-corrected chi connectivity index (χ0v) is 17.3. The molecule has 0 saturated heterocycles. The summed E-state index contributed by atoms with van der Waals surface area (Å²) in [6.07, 6.45) is 1.92. The molecule has 9 heteroatoms. The zero-order chi connectivity index (χ0) is 20.7. The lowest BCUT2D eigenvalue weighted by atomic mass is 10.0. The van der Waals surface area contributed by atoms with E-state index in [1.165, 1.54) is 0 Å². The molecule has 0 unspecified atom stereocenters. The minimum Gasteiger partial charge on any atom is -0.368 e. The molecule has 2 aromatic heterocycles. The van der Waals surface area contributed by atoms with E-state index in [-0.39, 0.29) is 12.0 Å². The molecule has 0 saturated carbocycles. The van der Waals surface area contributed by atoms with Gasteiger partial charge >= 0.3 is 6.03 Å². The summed E-state index contributed by atoms with van der Waals surface area (Å²) in [6.45, 7) is 5.11. The molecule has 0 aliphatic carbocycles. The van der Waals surface area contributed by atoms with Gasteiger partial charge in [0.1, 0.15) is 0 Å². The van der Waals surface area contributed by atoms with Crippen molar-refractivity contribution in [2.24, 2.45) is 7.05 Å². The molecule has 2 amide bonds. The number of nitrogen functional groups attached to an aromatic ring is 1. The number of nitrogens with two attached hydrogens (primary N) is 1. The van der Waals surface area contributed by atoms with Gasteiger partial charge in [-0.25, -0.2) is 14.8 Å². The van der Waals surface area contributed by atoms with Crippen LogP contribution < -0.4 is 11.1 Å². The molecule has 0 fully saturated rings. The molecule has 0 radical (unpaired) electrons. The van der Waals surface area contributed by atoms with Crippen LogP contribution >= 0.6 is 11.6 Å². The zero-order valence-electron chi connectivity index (χ0n) is 16.5. The van der Waals surface area contributed by atoms with Crippen LogP contribution in [0.3, 0.4) is 0 Å². The van der Waals surface area contributed by atoms with E-state index in [1.54, 1.807) is 9.58 Å². The van der Waals surface area contributed by atoms with Crippen molar-refractivity contribution in [3.8, 4) is 11.3 Å². The highest BCUT2D eigenvalue weighted by molar-refractivity contribution is 6.30. The summed E-state index contributed by atoms with van der Waals surface area (Å²) < 4.78 is 1.74. The third kappa shape index (κ3) is 3.75. The van der Waals surface area contributed by atoms with E-state index in [4.69, 9.17) is 17.3 Å². The number of nitrogens with one attached hydrogen (secondary N) is 1. The van der Waals surface area contributed by atoms with Crippen molar-refractivity contribution in [1.82, 2.24) is 30.0 Å². The normalized spacial score (nSPS) is 12.9. The number of nitrogens with zero attached hydrogens (tertiary/aromatic N) is 5. The molecule has 3 N–H and O–H groups in total. The number of carbonyl (C=O) groups excluding carboxylic acids is 1. The SMILES string of the molecule is Cc1cc(Cl)ccc1-c1nc(N)nc2c1CN(C(=O)NCc1nn(C)cc1C)C2. The number of anilines is 1. The van der Waals surface area contributed by atoms with Crippen molar-refractivity contribution < 1.29 is 4.79 Å². The first kappa shape index (κ1) is 19.2. The molecule has 1 aliphatic rings. The molecule has 4 rings (SSSR count). The Balaban J connectivity index is 1.56. The average Bonchev–Trinajstić information content (AvgIpc) is 3.21. The molecule has 1 aromatic carbocycles. The van der Waals surface area contributed by atoms with E-state index in [0.29, 0.717) is 24.7 Å². The summed E-state index contributed by atoms with van der Waals surface area (Å²) in [5, 5.41) is 7.96. The summed E-state index contributed by atoms with van der Waals surface area (Å²) >= 11 is 6.09. The standard InChI is InChI=1S/C20H22ClN7O/c1-11-6-13(21)4-5-14(11)18-15-9-28(10-17(15)24-19(22)25-18)20(29)23-7-16-12(2)8-27(3)26-16/h4-6,8H,7,9-10H2,1-3H3,(H,23,29)(H2,22,24,25). The number of urea groups is 1. The Bertz CT molecular complexity index is 1110. The second-order valence-corrected chi connectivity index (χ2v) is 7.70. The first-order chi connectivity index (χ1) is 13.8. The van der Waals surface area contributed by atoms with Gasteiger partial charge < -0.3 is 16.0 Å². The molecule has 29 heavy (non-hydrogen) atoms. The van der Waals surface area contributed by atoms with E-state index in [1.807, 2.05) is 45.3 Å². The van der Waals surface area contributed by atoms with Crippen molar-refractivity contribution in [3.05, 3.63) is 57.5 Å². The largest absolute Gasteiger partial charge is 0.368 e. The number of hydrogen-bond donors (Lipinski definition) is 2. The number of aromatic nitrogens is 4. The molecule has 3 heterocycles. The highest BCUT2D eigenvalue weighted by Gasteiger charge is 2.29. The molecular weight excluding hydrogens is 390 g/mol. The first-order valence-corrected chi connectivity index (χ1v) is 9.63. The fraction of sp³-hybridized carbons (Fsp3) is 0.300. The minimum atomic E-state index is -0.176. The van der Waals surface area contributed by atoms with Crippen LogP contribution in [0.5, 0.6) is 0 Å². The van der Waals surface area contributed by atoms with Gasteiger partial charge in [-0.3, -0.25) is 4.68 Å². The molecule has 1 aliphatic heterocycles. The number of amides is 2. The number of aryl methyl sites for hydroxylation is 3. The highest BCUT2D eigenvalue weighted by atomic mass is 35.5. The smallest absolute Gasteiger partial charge is 0.318 e. The predicted octanol–water partition coefficient (Wildman–Crippen LogP) is 2.95. The van der Waals surface area contributed by atoms with Crippen LogP contribution in [-0.4, -0.2) is 30.7 Å². The van der Waals surface area contributed by atoms with Gasteiger partial charge in [0.2, 0.25) is 5.95 Å². The van der Waals surface area contributed by atoms with E-state index in [2.05, 4.69) is 20.4 Å². The molecule has 150 valence electrons. The Morgan fingerprint density at radius 1 is 1.24 bits per heavy atom. The van der Waals surface area contributed by atoms with Gasteiger partial charge in [-0.15, -0.1) is 0 Å². The van der Waals surface area contributed by atoms with Crippen molar-refractivity contribution in [2.45, 2.75) is 33.5 Å². The van der Waals surface area contributed by atoms with Crippen LogP contribution in [0.25, 0.3) is 11.3 Å². The number of fused-ring (bicyclic) bond motifs is 1. The van der Waals surface area contributed by atoms with E-state index >= 15 is 0 Å². The lowest BCUT2D eigenvalue weighted by Crippen LogP contribution is -2.36. The van der Waals surface area contributed by atoms with Crippen LogP contribution in [0, 0.1) is 13.8 Å². The summed E-state index contributed by atoms with van der Waals surface area (Å²) in [4.78, 5) is 23.3. The number of hydrogen-bond acceptors (Lipinski definition) is 5. The third-order valence-electron chi connectivity index (χ3n) is 5.05. The fourth-order valence-electron chi connectivity index (χ4n) is 3.63. The van der Waals surface area contributed by atoms with Crippen molar-refractivity contribution >= 4 is 23.6 Å². The Hall–Kier alpha value is -3.13. The average molecular weight is 412 g/mol. The third-order valence-corrected chi connectivity index (χ3v) is 5.29. The van der Waals surface area contributed by atoms with Crippen molar-refractivity contribution in [3.63, 3.8) is 0 Å². The number of carbonyl (C=O) groups is 1. The summed E-state index contributed by atoms with van der Waals surface area (Å²) in [5.41, 5.74) is 12.2. The topological polar surface area (TPSA) is 102 Å². The molecule has 3 aromatic rings. The maximum atomic E-state index is 12.7. The van der Waals surface area contributed by atoms with Gasteiger partial charge in [-0.2, -0.15) is 5.10 Å². The van der Waals surface area contributed by atoms with Crippen LogP contribution in [0.2, 0.25) is 5.02 Å². The van der Waals surface area contributed by atoms with Crippen LogP contribution in [0.1, 0.15) is 28.1 Å². The quantitative estimate of drug-likeness (QED) is 0.689. The van der Waals surface area contributed by atoms with E-state index in [0.717, 1.165) is 39.3 Å². The van der Waals surface area contributed by atoms with Gasteiger partial charge in [-0.1, -0.05) is 17.7 Å². The molecule has 0 spiro atoms. The molecule has 0 bridgehead atoms. The molecule has 0 atom stereocenters. The Morgan fingerprint density at radius 2 is 2.03 bits per heavy atom. The maximum Gasteiger partial charge on any atom is 0.318 e. The predicted molar refractivity (Wildman–Crippen MR) is 111 cm³/mol. The monoisotopic (exact) mass is 411 g/mol. The number of halogens is 1. The minimum absolute atomic E-state index is 0.176. The van der Waals surface area contributed by atoms with E-state index < -0.39 is 0 Å². The highest BCUT2D eigenvalue weighted by Crippen LogP contribution is 2.33. The second kappa shape index (κ2) is 7.36. The lowest BCUT2D eigenvalue weighted by molar-refractivity contribution is 0.197. The van der Waals surface area contributed by atoms with Crippen LogP contribution in [0.4, 0.5) is 10.7 Å². The summed E-state index contributed by atoms with van der Waals surface area (Å²) in [5.74, 6) is 0.194. The van der Waals surface area contributed by atoms with Crippen LogP contribution in [-0.2, 0) is 26.7 Å².